The highest BCUT2D eigenvalue weighted by Crippen LogP contribution is 2.18. The van der Waals surface area contributed by atoms with E-state index in [4.69, 9.17) is 5.11 Å². The van der Waals surface area contributed by atoms with Crippen molar-refractivity contribution in [1.29, 1.82) is 0 Å². The summed E-state index contributed by atoms with van der Waals surface area (Å²) < 4.78 is 0. The van der Waals surface area contributed by atoms with E-state index >= 15 is 0 Å². The number of aliphatic hydroxyl groups excluding tert-OH is 1. The molecule has 0 spiro atoms. The Bertz CT molecular complexity index is 99.4. The number of hydrogen-bond donors (Lipinski definition) is 1. The fraction of sp³-hybridized carbons (Fsp3) is 0.750. The molecule has 0 bridgehead atoms. The molecular formula is C8H16OS. The quantitative estimate of drug-likeness (QED) is 0.666. The molecular weight excluding hydrogens is 144 g/mol. The molecule has 0 unspecified atom stereocenters. The minimum atomic E-state index is 0.283. The van der Waals surface area contributed by atoms with Gasteiger partial charge in [-0.1, -0.05) is 19.9 Å². The van der Waals surface area contributed by atoms with Crippen LogP contribution in [0.3, 0.4) is 0 Å². The van der Waals surface area contributed by atoms with Crippen molar-refractivity contribution in [2.24, 2.45) is 0 Å². The van der Waals surface area contributed by atoms with E-state index in [1.807, 2.05) is 0 Å². The lowest BCUT2D eigenvalue weighted by Crippen LogP contribution is -1.86. The molecule has 0 rings (SSSR count). The molecule has 0 aromatic rings. The van der Waals surface area contributed by atoms with E-state index in [1.54, 1.807) is 11.8 Å². The zero-order valence-corrected chi connectivity index (χ0v) is 7.58. The maximum absolute atomic E-state index is 8.53. The predicted molar refractivity (Wildman–Crippen MR) is 48.2 cm³/mol. The Hall–Kier alpha value is 0.0500. The monoisotopic (exact) mass is 160 g/mol. The lowest BCUT2D eigenvalue weighted by atomic mass is 10.3. The van der Waals surface area contributed by atoms with Gasteiger partial charge in [0.1, 0.15) is 0 Å². The normalized spacial score (nSPS) is 12.1. The summed E-state index contributed by atoms with van der Waals surface area (Å²) in [5.74, 6) is 0.833. The predicted octanol–water partition coefficient (Wildman–Crippen LogP) is 2.42. The van der Waals surface area contributed by atoms with Crippen molar-refractivity contribution in [2.75, 3.05) is 12.4 Å². The average molecular weight is 160 g/mol. The molecule has 0 aliphatic heterocycles. The zero-order valence-electron chi connectivity index (χ0n) is 6.76. The Morgan fingerprint density at radius 1 is 1.50 bits per heavy atom. The van der Waals surface area contributed by atoms with Crippen molar-refractivity contribution in [1.82, 2.24) is 0 Å². The van der Waals surface area contributed by atoms with E-state index in [0.29, 0.717) is 0 Å². The van der Waals surface area contributed by atoms with Gasteiger partial charge < -0.3 is 5.11 Å². The summed E-state index contributed by atoms with van der Waals surface area (Å²) in [5, 5.41) is 8.53. The Balaban J connectivity index is 3.49. The van der Waals surface area contributed by atoms with E-state index in [2.05, 4.69) is 19.9 Å². The highest BCUT2D eigenvalue weighted by atomic mass is 32.2. The summed E-state index contributed by atoms with van der Waals surface area (Å²) in [6.45, 7) is 4.56. The Morgan fingerprint density at radius 2 is 2.20 bits per heavy atom. The molecule has 1 N–H and O–H groups in total. The fourth-order valence-corrected chi connectivity index (χ4v) is 1.55. The van der Waals surface area contributed by atoms with Gasteiger partial charge in [0.25, 0.3) is 0 Å². The number of allylic oxidation sites excluding steroid dienone is 2. The molecule has 0 fully saturated rings. The maximum atomic E-state index is 8.53. The van der Waals surface area contributed by atoms with Gasteiger partial charge in [0, 0.05) is 5.75 Å². The fourth-order valence-electron chi connectivity index (χ4n) is 0.710. The molecule has 0 radical (unpaired) electrons. The smallest absolute Gasteiger partial charge is 0.0525 e. The molecule has 0 saturated heterocycles. The van der Waals surface area contributed by atoms with Crippen molar-refractivity contribution in [3.05, 3.63) is 11.0 Å². The Kier molecular flexibility index (Phi) is 7.20. The van der Waals surface area contributed by atoms with Gasteiger partial charge in [-0.05, 0) is 17.7 Å². The van der Waals surface area contributed by atoms with Crippen molar-refractivity contribution >= 4 is 11.8 Å². The summed E-state index contributed by atoms with van der Waals surface area (Å²) in [5.41, 5.74) is 0. The third kappa shape index (κ3) is 4.89. The number of aliphatic hydroxyl groups is 1. The first kappa shape index (κ1) is 10.0. The zero-order chi connectivity index (χ0) is 7.82. The second kappa shape index (κ2) is 7.16. The third-order valence-corrected chi connectivity index (χ3v) is 2.37. The molecule has 0 heterocycles. The highest BCUT2D eigenvalue weighted by molar-refractivity contribution is 8.03. The molecule has 0 saturated carbocycles. The van der Waals surface area contributed by atoms with E-state index in [1.165, 1.54) is 4.91 Å². The molecule has 60 valence electrons. The van der Waals surface area contributed by atoms with Crippen LogP contribution in [-0.2, 0) is 0 Å². The van der Waals surface area contributed by atoms with Crippen LogP contribution in [0.25, 0.3) is 0 Å². The molecule has 0 aliphatic rings. The van der Waals surface area contributed by atoms with Gasteiger partial charge in [0.05, 0.1) is 6.61 Å². The number of hydrogen-bond acceptors (Lipinski definition) is 2. The topological polar surface area (TPSA) is 20.2 Å². The molecule has 10 heavy (non-hydrogen) atoms. The Morgan fingerprint density at radius 3 is 2.60 bits per heavy atom. The molecule has 1 nitrogen and oxygen atoms in total. The second-order valence-electron chi connectivity index (χ2n) is 2.00. The summed E-state index contributed by atoms with van der Waals surface area (Å²) >= 11 is 1.76. The first-order valence-corrected chi connectivity index (χ1v) is 4.76. The first-order valence-electron chi connectivity index (χ1n) is 3.77. The van der Waals surface area contributed by atoms with Crippen molar-refractivity contribution in [3.63, 3.8) is 0 Å². The van der Waals surface area contributed by atoms with Gasteiger partial charge in [0.15, 0.2) is 0 Å². The lowest BCUT2D eigenvalue weighted by Gasteiger charge is -2.00. The average Bonchev–Trinajstić information content (AvgIpc) is 1.98. The van der Waals surface area contributed by atoms with Crippen LogP contribution in [0.5, 0.6) is 0 Å². The Labute approximate surface area is 67.5 Å². The van der Waals surface area contributed by atoms with E-state index in [-0.39, 0.29) is 6.61 Å². The van der Waals surface area contributed by atoms with Crippen LogP contribution in [0, 0.1) is 0 Å². The van der Waals surface area contributed by atoms with Crippen molar-refractivity contribution < 1.29 is 5.11 Å². The minimum absolute atomic E-state index is 0.283. The second-order valence-corrected chi connectivity index (χ2v) is 3.23. The lowest BCUT2D eigenvalue weighted by molar-refractivity contribution is 0.322. The first-order chi connectivity index (χ1) is 4.85. The minimum Gasteiger partial charge on any atom is -0.396 e. The number of thioether (sulfide) groups is 1. The van der Waals surface area contributed by atoms with Crippen molar-refractivity contribution in [3.8, 4) is 0 Å². The number of rotatable bonds is 5. The third-order valence-electron chi connectivity index (χ3n) is 1.16. The van der Waals surface area contributed by atoms with Gasteiger partial charge in [-0.2, -0.15) is 0 Å². The van der Waals surface area contributed by atoms with E-state index < -0.39 is 0 Å². The summed E-state index contributed by atoms with van der Waals surface area (Å²) in [6.07, 6.45) is 4.42. The van der Waals surface area contributed by atoms with Gasteiger partial charge >= 0.3 is 0 Å². The molecule has 2 heteroatoms. The van der Waals surface area contributed by atoms with Crippen LogP contribution >= 0.6 is 11.8 Å². The SMILES string of the molecule is CCC=C(CC)SCCO. The molecule has 0 aromatic carbocycles. The van der Waals surface area contributed by atoms with Crippen LogP contribution in [0.15, 0.2) is 11.0 Å². The van der Waals surface area contributed by atoms with Gasteiger partial charge in [-0.15, -0.1) is 11.8 Å². The van der Waals surface area contributed by atoms with Crippen molar-refractivity contribution in [2.45, 2.75) is 26.7 Å². The summed E-state index contributed by atoms with van der Waals surface area (Å²) in [4.78, 5) is 1.40. The highest BCUT2D eigenvalue weighted by Gasteiger charge is 1.91. The van der Waals surface area contributed by atoms with Gasteiger partial charge in [0.2, 0.25) is 0 Å². The van der Waals surface area contributed by atoms with Crippen LogP contribution < -0.4 is 0 Å². The summed E-state index contributed by atoms with van der Waals surface area (Å²) in [7, 11) is 0. The van der Waals surface area contributed by atoms with Crippen LogP contribution in [0.2, 0.25) is 0 Å². The largest absolute Gasteiger partial charge is 0.396 e. The van der Waals surface area contributed by atoms with Gasteiger partial charge in [-0.3, -0.25) is 0 Å². The van der Waals surface area contributed by atoms with Crippen LogP contribution in [-0.4, -0.2) is 17.5 Å². The standard InChI is InChI=1S/C8H16OS/c1-3-5-8(4-2)10-7-6-9/h5,9H,3-4,6-7H2,1-2H3. The maximum Gasteiger partial charge on any atom is 0.0525 e. The molecule has 0 aromatic heterocycles. The molecule has 0 amide bonds. The molecule has 0 atom stereocenters. The van der Waals surface area contributed by atoms with E-state index in [0.717, 1.165) is 18.6 Å². The molecule has 0 aliphatic carbocycles. The van der Waals surface area contributed by atoms with Crippen LogP contribution in [0.4, 0.5) is 0 Å². The van der Waals surface area contributed by atoms with Crippen LogP contribution in [0.1, 0.15) is 26.7 Å². The van der Waals surface area contributed by atoms with E-state index in [9.17, 15) is 0 Å². The van der Waals surface area contributed by atoms with Gasteiger partial charge in [-0.25, -0.2) is 0 Å². The summed E-state index contributed by atoms with van der Waals surface area (Å²) in [6, 6.07) is 0.